The molecule has 29 heavy (non-hydrogen) atoms. The lowest BCUT2D eigenvalue weighted by Crippen LogP contribution is -2.19. The molecule has 0 spiro atoms. The van der Waals surface area contributed by atoms with Crippen LogP contribution in [0, 0.1) is 0 Å². The number of anilines is 1. The van der Waals surface area contributed by atoms with E-state index in [0.717, 1.165) is 12.4 Å². The molecule has 2 amide bonds. The summed E-state index contributed by atoms with van der Waals surface area (Å²) >= 11 is 0. The predicted molar refractivity (Wildman–Crippen MR) is 86.9 cm³/mol. The van der Waals surface area contributed by atoms with Crippen molar-refractivity contribution in [2.45, 2.75) is 12.8 Å². The van der Waals surface area contributed by atoms with Crippen molar-refractivity contribution in [1.29, 1.82) is 0 Å². The average Bonchev–Trinajstić information content (AvgIpc) is 3.18. The van der Waals surface area contributed by atoms with E-state index in [1.165, 1.54) is 18.3 Å². The van der Waals surface area contributed by atoms with Crippen LogP contribution in [0.4, 0.5) is 23.9 Å². The molecule has 0 aromatic carbocycles. The summed E-state index contributed by atoms with van der Waals surface area (Å²) in [5.41, 5.74) is 5.46. The molecule has 0 unspecified atom stereocenters. The molecule has 0 aliphatic carbocycles. The Morgan fingerprint density at radius 3 is 2.55 bits per heavy atom. The number of halogens is 3. The molecule has 0 fully saturated rings. The molecule has 0 aliphatic heterocycles. The Balaban J connectivity index is 1.61. The van der Waals surface area contributed by atoms with Crippen LogP contribution >= 0.6 is 0 Å². The highest BCUT2D eigenvalue weighted by atomic mass is 19.4. The third-order valence-electron chi connectivity index (χ3n) is 3.28. The number of nitrogens with two attached hydrogens (primary N) is 1. The molecule has 3 heterocycles. The molecule has 0 saturated carbocycles. The van der Waals surface area contributed by atoms with Crippen LogP contribution in [-0.2, 0) is 17.5 Å². The van der Waals surface area contributed by atoms with Crippen LogP contribution in [0.5, 0.6) is 0 Å². The van der Waals surface area contributed by atoms with Gasteiger partial charge in [0.1, 0.15) is 12.3 Å². The molecule has 150 valence electrons. The van der Waals surface area contributed by atoms with Crippen molar-refractivity contribution < 1.29 is 32.0 Å². The van der Waals surface area contributed by atoms with E-state index in [4.69, 9.17) is 10.5 Å². The maximum absolute atomic E-state index is 12.5. The molecular weight excluding hydrogens is 399 g/mol. The smallest absolute Gasteiger partial charge is 0.444 e. The van der Waals surface area contributed by atoms with Gasteiger partial charge >= 0.3 is 18.2 Å². The number of amides is 2. The van der Waals surface area contributed by atoms with Gasteiger partial charge in [-0.1, -0.05) is 11.2 Å². The second kappa shape index (κ2) is 7.87. The number of aromatic nitrogens is 5. The Hall–Kier alpha value is -4.10. The maximum Gasteiger partial charge on any atom is 0.471 e. The van der Waals surface area contributed by atoms with Crippen molar-refractivity contribution in [2.75, 3.05) is 5.32 Å². The number of alkyl halides is 3. The molecule has 3 aromatic heterocycles. The fraction of sp³-hybridized carbons (Fsp3) is 0.133. The van der Waals surface area contributed by atoms with Crippen LogP contribution in [0.1, 0.15) is 21.9 Å². The Morgan fingerprint density at radius 2 is 1.93 bits per heavy atom. The van der Waals surface area contributed by atoms with E-state index in [-0.39, 0.29) is 29.6 Å². The van der Waals surface area contributed by atoms with Crippen LogP contribution in [0.3, 0.4) is 0 Å². The van der Waals surface area contributed by atoms with Crippen molar-refractivity contribution in [3.8, 4) is 11.4 Å². The predicted octanol–water partition coefficient (Wildman–Crippen LogP) is 1.79. The summed E-state index contributed by atoms with van der Waals surface area (Å²) in [5.74, 6) is -2.86. The lowest BCUT2D eigenvalue weighted by molar-refractivity contribution is -0.159. The number of rotatable bonds is 5. The largest absolute Gasteiger partial charge is 0.471 e. The fourth-order valence-electron chi connectivity index (χ4n) is 2.01. The first-order valence-corrected chi connectivity index (χ1v) is 7.65. The Labute approximate surface area is 159 Å². The summed E-state index contributed by atoms with van der Waals surface area (Å²) in [7, 11) is 0. The third-order valence-corrected chi connectivity index (χ3v) is 3.28. The topological polar surface area (TPSA) is 159 Å². The SMILES string of the molecule is NC(=O)c1ncccc1COC(=O)Nc1ncc(-c2noc(C(F)(F)F)n2)cn1. The van der Waals surface area contributed by atoms with Gasteiger partial charge in [-0.2, -0.15) is 18.2 Å². The van der Waals surface area contributed by atoms with Gasteiger partial charge in [-0.15, -0.1) is 0 Å². The van der Waals surface area contributed by atoms with Crippen LogP contribution in [0.25, 0.3) is 11.4 Å². The average molecular weight is 409 g/mol. The highest BCUT2D eigenvalue weighted by Crippen LogP contribution is 2.29. The summed E-state index contributed by atoms with van der Waals surface area (Å²) in [4.78, 5) is 37.6. The maximum atomic E-state index is 12.5. The summed E-state index contributed by atoms with van der Waals surface area (Å²) in [5, 5.41) is 5.39. The zero-order valence-electron chi connectivity index (χ0n) is 14.2. The van der Waals surface area contributed by atoms with Gasteiger partial charge in [0.25, 0.3) is 5.91 Å². The van der Waals surface area contributed by atoms with Crippen molar-refractivity contribution in [3.63, 3.8) is 0 Å². The van der Waals surface area contributed by atoms with E-state index < -0.39 is 24.1 Å². The number of carbonyl (C=O) groups is 2. The standard InChI is InChI=1S/C15H10F3N7O4/c16-15(17,18)12-23-11(25-29-12)8-4-21-13(22-5-8)24-14(27)28-6-7-2-1-3-20-9(7)10(19)26/h1-5H,6H2,(H2,19,26)(H,21,22,24,27). The molecule has 0 atom stereocenters. The van der Waals surface area contributed by atoms with Crippen LogP contribution in [0.2, 0.25) is 0 Å². The minimum absolute atomic E-state index is 0.0321. The van der Waals surface area contributed by atoms with Gasteiger partial charge in [0.05, 0.1) is 5.56 Å². The molecule has 0 aliphatic rings. The van der Waals surface area contributed by atoms with Gasteiger partial charge in [-0.05, 0) is 6.07 Å². The number of pyridine rings is 1. The molecule has 0 bridgehead atoms. The lowest BCUT2D eigenvalue weighted by Gasteiger charge is -2.08. The van der Waals surface area contributed by atoms with E-state index in [1.54, 1.807) is 0 Å². The number of ether oxygens (including phenoxy) is 1. The molecule has 3 N–H and O–H groups in total. The second-order valence-electron chi connectivity index (χ2n) is 5.29. The van der Waals surface area contributed by atoms with E-state index in [1.807, 2.05) is 0 Å². The highest BCUT2D eigenvalue weighted by molar-refractivity contribution is 5.92. The number of nitrogens with one attached hydrogen (secondary N) is 1. The summed E-state index contributed by atoms with van der Waals surface area (Å²) in [6.45, 7) is -0.293. The van der Waals surface area contributed by atoms with Crippen LogP contribution < -0.4 is 11.1 Å². The molecular formula is C15H10F3N7O4. The normalized spacial score (nSPS) is 11.1. The molecule has 14 heteroatoms. The van der Waals surface area contributed by atoms with Gasteiger partial charge in [0.15, 0.2) is 0 Å². The van der Waals surface area contributed by atoms with Crippen LogP contribution in [0.15, 0.2) is 35.2 Å². The summed E-state index contributed by atoms with van der Waals surface area (Å²) < 4.78 is 46.5. The quantitative estimate of drug-likeness (QED) is 0.640. The number of nitrogens with zero attached hydrogens (tertiary/aromatic N) is 5. The highest BCUT2D eigenvalue weighted by Gasteiger charge is 2.38. The van der Waals surface area contributed by atoms with E-state index in [9.17, 15) is 22.8 Å². The van der Waals surface area contributed by atoms with Crippen molar-refractivity contribution in [2.24, 2.45) is 5.73 Å². The second-order valence-corrected chi connectivity index (χ2v) is 5.29. The van der Waals surface area contributed by atoms with E-state index >= 15 is 0 Å². The van der Waals surface area contributed by atoms with E-state index in [2.05, 4.69) is 34.9 Å². The third kappa shape index (κ3) is 4.79. The van der Waals surface area contributed by atoms with Gasteiger partial charge in [0, 0.05) is 24.2 Å². The zero-order chi connectivity index (χ0) is 21.0. The molecule has 3 rings (SSSR count). The fourth-order valence-corrected chi connectivity index (χ4v) is 2.01. The minimum Gasteiger partial charge on any atom is -0.444 e. The van der Waals surface area contributed by atoms with Crippen LogP contribution in [-0.4, -0.2) is 37.1 Å². The number of hydrogen-bond donors (Lipinski definition) is 2. The van der Waals surface area contributed by atoms with Crippen molar-refractivity contribution >= 4 is 17.9 Å². The Bertz CT molecular complexity index is 1040. The first-order chi connectivity index (χ1) is 13.7. The lowest BCUT2D eigenvalue weighted by atomic mass is 10.2. The summed E-state index contributed by atoms with van der Waals surface area (Å²) in [6, 6.07) is 3.04. The van der Waals surface area contributed by atoms with Gasteiger partial charge in [0.2, 0.25) is 11.8 Å². The summed E-state index contributed by atoms with van der Waals surface area (Å²) in [6.07, 6.45) is -2.20. The molecule has 11 nitrogen and oxygen atoms in total. The monoisotopic (exact) mass is 409 g/mol. The number of primary amides is 1. The number of carbonyl (C=O) groups excluding carboxylic acids is 2. The van der Waals surface area contributed by atoms with E-state index in [0.29, 0.717) is 5.56 Å². The molecule has 0 radical (unpaired) electrons. The molecule has 3 aromatic rings. The number of hydrogen-bond acceptors (Lipinski definition) is 9. The van der Waals surface area contributed by atoms with Gasteiger partial charge in [-0.25, -0.2) is 14.8 Å². The minimum atomic E-state index is -4.78. The first-order valence-electron chi connectivity index (χ1n) is 7.65. The zero-order valence-corrected chi connectivity index (χ0v) is 14.2. The first kappa shape index (κ1) is 19.7. The van der Waals surface area contributed by atoms with Crippen molar-refractivity contribution in [1.82, 2.24) is 25.1 Å². The Morgan fingerprint density at radius 1 is 1.21 bits per heavy atom. The molecule has 0 saturated heterocycles. The van der Waals surface area contributed by atoms with Crippen molar-refractivity contribution in [3.05, 3.63) is 47.9 Å². The van der Waals surface area contributed by atoms with Gasteiger partial charge < -0.3 is 15.0 Å². The Kier molecular flexibility index (Phi) is 5.34. The van der Waals surface area contributed by atoms with Gasteiger partial charge in [-0.3, -0.25) is 15.1 Å².